The highest BCUT2D eigenvalue weighted by molar-refractivity contribution is 9.10. The topological polar surface area (TPSA) is 61.8 Å². The smallest absolute Gasteiger partial charge is 0.238 e. The van der Waals surface area contributed by atoms with E-state index in [4.69, 9.17) is 11.6 Å². The standard InChI is InChI=1S/C18H15BrClN3O2S/c1-23-16(24)10-15(17(25)21-13-6-2-4-11(19)8-13)26-18(23)22-14-7-3-5-12(20)9-14/h2-9,15H,10H2,1H3,(H,21,25). The summed E-state index contributed by atoms with van der Waals surface area (Å²) in [4.78, 5) is 30.8. The van der Waals surface area contributed by atoms with Gasteiger partial charge in [-0.15, -0.1) is 0 Å². The number of hydrogen-bond donors (Lipinski definition) is 1. The second-order valence-electron chi connectivity index (χ2n) is 5.64. The Bertz CT molecular complexity index is 890. The van der Waals surface area contributed by atoms with E-state index >= 15 is 0 Å². The first-order valence-electron chi connectivity index (χ1n) is 7.76. The second-order valence-corrected chi connectivity index (χ2v) is 8.16. The van der Waals surface area contributed by atoms with Crippen molar-refractivity contribution in [2.24, 2.45) is 4.99 Å². The maximum atomic E-state index is 12.6. The molecule has 1 N–H and O–H groups in total. The summed E-state index contributed by atoms with van der Waals surface area (Å²) in [6.45, 7) is 0. The third kappa shape index (κ3) is 4.66. The number of halogens is 2. The van der Waals surface area contributed by atoms with Crippen LogP contribution in [0, 0.1) is 0 Å². The molecule has 1 aliphatic rings. The van der Waals surface area contributed by atoms with Crippen molar-refractivity contribution in [3.05, 3.63) is 58.0 Å². The van der Waals surface area contributed by atoms with Gasteiger partial charge in [0.15, 0.2) is 5.17 Å². The molecule has 0 bridgehead atoms. The highest BCUT2D eigenvalue weighted by atomic mass is 79.9. The van der Waals surface area contributed by atoms with Crippen molar-refractivity contribution in [2.75, 3.05) is 12.4 Å². The molecule has 0 spiro atoms. The number of thioether (sulfide) groups is 1. The van der Waals surface area contributed by atoms with Crippen molar-refractivity contribution >= 4 is 67.6 Å². The van der Waals surface area contributed by atoms with Gasteiger partial charge in [-0.05, 0) is 36.4 Å². The lowest BCUT2D eigenvalue weighted by atomic mass is 10.2. The fourth-order valence-electron chi connectivity index (χ4n) is 2.34. The van der Waals surface area contributed by atoms with Crippen molar-refractivity contribution in [3.8, 4) is 0 Å². The van der Waals surface area contributed by atoms with Crippen molar-refractivity contribution in [1.29, 1.82) is 0 Å². The predicted octanol–water partition coefficient (Wildman–Crippen LogP) is 4.69. The van der Waals surface area contributed by atoms with E-state index in [1.54, 1.807) is 43.4 Å². The summed E-state index contributed by atoms with van der Waals surface area (Å²) in [6, 6.07) is 14.3. The van der Waals surface area contributed by atoms with Crippen LogP contribution in [0.4, 0.5) is 11.4 Å². The van der Waals surface area contributed by atoms with Crippen LogP contribution in [0.15, 0.2) is 58.0 Å². The molecule has 2 amide bonds. The third-order valence-corrected chi connectivity index (χ3v) is 5.66. The molecule has 1 aliphatic heterocycles. The molecule has 1 unspecified atom stereocenters. The summed E-state index contributed by atoms with van der Waals surface area (Å²) in [7, 11) is 1.65. The van der Waals surface area contributed by atoms with E-state index < -0.39 is 5.25 Å². The average molecular weight is 453 g/mol. The summed E-state index contributed by atoms with van der Waals surface area (Å²) in [6.07, 6.45) is 0.121. The van der Waals surface area contributed by atoms with Gasteiger partial charge in [0, 0.05) is 28.7 Å². The lowest BCUT2D eigenvalue weighted by Gasteiger charge is -2.28. The quantitative estimate of drug-likeness (QED) is 0.735. The minimum Gasteiger partial charge on any atom is -0.325 e. The molecule has 26 heavy (non-hydrogen) atoms. The lowest BCUT2D eigenvalue weighted by molar-refractivity contribution is -0.128. The van der Waals surface area contributed by atoms with Crippen LogP contribution in [0.3, 0.4) is 0 Å². The van der Waals surface area contributed by atoms with Crippen LogP contribution in [0.5, 0.6) is 0 Å². The first-order chi connectivity index (χ1) is 12.4. The van der Waals surface area contributed by atoms with E-state index in [1.165, 1.54) is 16.7 Å². The number of benzene rings is 2. The lowest BCUT2D eigenvalue weighted by Crippen LogP contribution is -2.43. The Morgan fingerprint density at radius 3 is 2.81 bits per heavy atom. The van der Waals surface area contributed by atoms with Gasteiger partial charge >= 0.3 is 0 Å². The Morgan fingerprint density at radius 2 is 2.08 bits per heavy atom. The van der Waals surface area contributed by atoms with Crippen molar-refractivity contribution in [1.82, 2.24) is 4.90 Å². The first-order valence-corrected chi connectivity index (χ1v) is 9.81. The van der Waals surface area contributed by atoms with Gasteiger partial charge in [-0.3, -0.25) is 14.5 Å². The molecule has 0 aromatic heterocycles. The SMILES string of the molecule is CN1C(=O)CC(C(=O)Nc2cccc(Br)c2)SC1=Nc1cccc(Cl)c1. The number of carbonyl (C=O) groups is 2. The fourth-order valence-corrected chi connectivity index (χ4v) is 3.99. The van der Waals surface area contributed by atoms with Crippen LogP contribution >= 0.6 is 39.3 Å². The van der Waals surface area contributed by atoms with Gasteiger partial charge in [0.25, 0.3) is 0 Å². The number of amidine groups is 1. The van der Waals surface area contributed by atoms with Crippen LogP contribution in [0.2, 0.25) is 5.02 Å². The minimum atomic E-state index is -0.546. The zero-order chi connectivity index (χ0) is 18.7. The Hall–Kier alpha value is -1.83. The number of hydrogen-bond acceptors (Lipinski definition) is 4. The van der Waals surface area contributed by atoms with Gasteiger partial charge in [-0.2, -0.15) is 0 Å². The summed E-state index contributed by atoms with van der Waals surface area (Å²) >= 11 is 10.6. The Balaban J connectivity index is 1.79. The van der Waals surface area contributed by atoms with E-state index in [-0.39, 0.29) is 18.2 Å². The maximum absolute atomic E-state index is 12.6. The molecule has 1 fully saturated rings. The predicted molar refractivity (Wildman–Crippen MR) is 110 cm³/mol. The van der Waals surface area contributed by atoms with Gasteiger partial charge in [0.2, 0.25) is 11.8 Å². The summed E-state index contributed by atoms with van der Waals surface area (Å²) in [5, 5.41) is 3.33. The zero-order valence-corrected chi connectivity index (χ0v) is 16.9. The van der Waals surface area contributed by atoms with Crippen molar-refractivity contribution in [2.45, 2.75) is 11.7 Å². The molecular formula is C18H15BrClN3O2S. The number of nitrogens with zero attached hydrogens (tertiary/aromatic N) is 2. The minimum absolute atomic E-state index is 0.121. The van der Waals surface area contributed by atoms with Crippen LogP contribution in [0.25, 0.3) is 0 Å². The molecular weight excluding hydrogens is 438 g/mol. The molecule has 2 aromatic rings. The summed E-state index contributed by atoms with van der Waals surface area (Å²) in [5.74, 6) is -0.382. The maximum Gasteiger partial charge on any atom is 0.238 e. The van der Waals surface area contributed by atoms with Gasteiger partial charge in [-0.25, -0.2) is 4.99 Å². The van der Waals surface area contributed by atoms with Gasteiger partial charge < -0.3 is 5.32 Å². The number of nitrogens with one attached hydrogen (secondary N) is 1. The molecule has 1 atom stereocenters. The Morgan fingerprint density at radius 1 is 1.31 bits per heavy atom. The largest absolute Gasteiger partial charge is 0.325 e. The van der Waals surface area contributed by atoms with E-state index in [0.717, 1.165) is 4.47 Å². The average Bonchev–Trinajstić information content (AvgIpc) is 2.59. The van der Waals surface area contributed by atoms with Crippen LogP contribution in [-0.2, 0) is 9.59 Å². The molecule has 134 valence electrons. The molecule has 2 aromatic carbocycles. The molecule has 0 radical (unpaired) electrons. The molecule has 5 nitrogen and oxygen atoms in total. The summed E-state index contributed by atoms with van der Waals surface area (Å²) in [5.41, 5.74) is 1.30. The van der Waals surface area contributed by atoms with Crippen molar-refractivity contribution < 1.29 is 9.59 Å². The first kappa shape index (κ1) is 18.9. The van der Waals surface area contributed by atoms with E-state index in [2.05, 4.69) is 26.2 Å². The number of rotatable bonds is 3. The number of amides is 2. The van der Waals surface area contributed by atoms with Crippen LogP contribution in [-0.4, -0.2) is 34.2 Å². The number of anilines is 1. The second kappa shape index (κ2) is 8.24. The molecule has 1 saturated heterocycles. The normalized spacial score (nSPS) is 18.9. The van der Waals surface area contributed by atoms with Crippen LogP contribution < -0.4 is 5.32 Å². The Labute approximate surface area is 168 Å². The third-order valence-electron chi connectivity index (χ3n) is 3.69. The molecule has 8 heteroatoms. The highest BCUT2D eigenvalue weighted by Crippen LogP contribution is 2.29. The molecule has 3 rings (SSSR count). The summed E-state index contributed by atoms with van der Waals surface area (Å²) < 4.78 is 0.866. The zero-order valence-electron chi connectivity index (χ0n) is 13.8. The Kier molecular flexibility index (Phi) is 6.01. The van der Waals surface area contributed by atoms with E-state index in [9.17, 15) is 9.59 Å². The van der Waals surface area contributed by atoms with E-state index in [0.29, 0.717) is 21.6 Å². The van der Waals surface area contributed by atoms with Gasteiger partial charge in [-0.1, -0.05) is 51.4 Å². The molecule has 0 aliphatic carbocycles. The van der Waals surface area contributed by atoms with Gasteiger partial charge in [0.05, 0.1) is 5.69 Å². The van der Waals surface area contributed by atoms with Crippen molar-refractivity contribution in [3.63, 3.8) is 0 Å². The highest BCUT2D eigenvalue weighted by Gasteiger charge is 2.34. The molecule has 0 saturated carbocycles. The molecule has 1 heterocycles. The monoisotopic (exact) mass is 451 g/mol. The van der Waals surface area contributed by atoms with Crippen LogP contribution in [0.1, 0.15) is 6.42 Å². The van der Waals surface area contributed by atoms with Gasteiger partial charge in [0.1, 0.15) is 5.25 Å². The number of aliphatic imine (C=N–C) groups is 1. The fraction of sp³-hybridized carbons (Fsp3) is 0.167. The van der Waals surface area contributed by atoms with E-state index in [1.807, 2.05) is 12.1 Å². The number of carbonyl (C=O) groups excluding carboxylic acids is 2.